The van der Waals surface area contributed by atoms with Gasteiger partial charge in [0.1, 0.15) is 0 Å². The zero-order valence-electron chi connectivity index (χ0n) is 12.1. The van der Waals surface area contributed by atoms with Crippen LogP contribution in [0, 0.1) is 15.5 Å². The van der Waals surface area contributed by atoms with Crippen molar-refractivity contribution in [2.75, 3.05) is 18.0 Å². The molecule has 0 atom stereocenters. The number of benzene rings is 1. The van der Waals surface area contributed by atoms with E-state index in [9.17, 15) is 15.2 Å². The highest BCUT2D eigenvalue weighted by molar-refractivity contribution is 5.57. The molecule has 5 nitrogen and oxygen atoms in total. The third-order valence-electron chi connectivity index (χ3n) is 4.13. The lowest BCUT2D eigenvalue weighted by Gasteiger charge is -2.26. The summed E-state index contributed by atoms with van der Waals surface area (Å²) >= 11 is 0. The highest BCUT2D eigenvalue weighted by Gasteiger charge is 2.24. The molecule has 0 bridgehead atoms. The molecule has 20 heavy (non-hydrogen) atoms. The molecule has 1 aromatic rings. The summed E-state index contributed by atoms with van der Waals surface area (Å²) in [7, 11) is 0. The lowest BCUT2D eigenvalue weighted by Crippen LogP contribution is -2.26. The molecular formula is C15H22N2O3. The Morgan fingerprint density at radius 2 is 2.10 bits per heavy atom. The first kappa shape index (κ1) is 14.8. The van der Waals surface area contributed by atoms with Crippen molar-refractivity contribution in [1.29, 1.82) is 0 Å². The minimum Gasteiger partial charge on any atom is -0.392 e. The number of anilines is 1. The molecule has 1 aliphatic heterocycles. The van der Waals surface area contributed by atoms with Crippen molar-refractivity contribution in [3.8, 4) is 0 Å². The fourth-order valence-corrected chi connectivity index (χ4v) is 2.78. The summed E-state index contributed by atoms with van der Waals surface area (Å²) in [5.74, 6) is 0. The van der Waals surface area contributed by atoms with Crippen molar-refractivity contribution in [1.82, 2.24) is 0 Å². The maximum absolute atomic E-state index is 10.8. The van der Waals surface area contributed by atoms with E-state index in [1.807, 2.05) is 0 Å². The first-order valence-corrected chi connectivity index (χ1v) is 7.06. The third kappa shape index (κ3) is 3.28. The van der Waals surface area contributed by atoms with Crippen LogP contribution in [0.3, 0.4) is 0 Å². The van der Waals surface area contributed by atoms with E-state index in [-0.39, 0.29) is 12.3 Å². The predicted molar refractivity (Wildman–Crippen MR) is 78.9 cm³/mol. The van der Waals surface area contributed by atoms with Crippen LogP contribution in [-0.4, -0.2) is 23.1 Å². The van der Waals surface area contributed by atoms with Crippen LogP contribution < -0.4 is 4.90 Å². The van der Waals surface area contributed by atoms with Crippen LogP contribution in [0.1, 0.15) is 38.7 Å². The molecule has 1 fully saturated rings. The van der Waals surface area contributed by atoms with Gasteiger partial charge in [0.05, 0.1) is 11.5 Å². The molecule has 5 heteroatoms. The highest BCUT2D eigenvalue weighted by atomic mass is 16.6. The van der Waals surface area contributed by atoms with Crippen LogP contribution in [0.5, 0.6) is 0 Å². The van der Waals surface area contributed by atoms with Gasteiger partial charge >= 0.3 is 0 Å². The normalized spacial score (nSPS) is 18.6. The average Bonchev–Trinajstić information content (AvgIpc) is 2.59. The minimum absolute atomic E-state index is 0.0351. The molecule has 110 valence electrons. The Bertz CT molecular complexity index is 500. The summed E-state index contributed by atoms with van der Waals surface area (Å²) in [5.41, 5.74) is 1.94. The Morgan fingerprint density at radius 1 is 1.35 bits per heavy atom. The van der Waals surface area contributed by atoms with Gasteiger partial charge in [0.2, 0.25) is 0 Å². The highest BCUT2D eigenvalue weighted by Crippen LogP contribution is 2.33. The molecule has 0 radical (unpaired) electrons. The molecule has 0 amide bonds. The topological polar surface area (TPSA) is 66.6 Å². The van der Waals surface area contributed by atoms with Gasteiger partial charge in [-0.15, -0.1) is 0 Å². The van der Waals surface area contributed by atoms with E-state index in [2.05, 4.69) is 18.7 Å². The standard InChI is InChI=1S/C15H22N2O3/c1-15(2)6-3-8-16(9-7-15)14-5-4-13(17(19)20)10-12(14)11-18/h4-5,10,18H,3,6-9,11H2,1-2H3. The number of hydrogen-bond donors (Lipinski definition) is 1. The van der Waals surface area contributed by atoms with E-state index in [0.29, 0.717) is 11.0 Å². The Morgan fingerprint density at radius 3 is 2.75 bits per heavy atom. The van der Waals surface area contributed by atoms with E-state index in [1.54, 1.807) is 6.07 Å². The van der Waals surface area contributed by atoms with Crippen LogP contribution in [0.15, 0.2) is 18.2 Å². The first-order valence-electron chi connectivity index (χ1n) is 7.06. The summed E-state index contributed by atoms with van der Waals surface area (Å²) < 4.78 is 0. The summed E-state index contributed by atoms with van der Waals surface area (Å²) in [6.45, 7) is 6.25. The Hall–Kier alpha value is -1.62. The van der Waals surface area contributed by atoms with E-state index in [4.69, 9.17) is 0 Å². The van der Waals surface area contributed by atoms with Gasteiger partial charge < -0.3 is 10.0 Å². The average molecular weight is 278 g/mol. The first-order chi connectivity index (χ1) is 9.43. The van der Waals surface area contributed by atoms with Crippen molar-refractivity contribution >= 4 is 11.4 Å². The number of non-ortho nitro benzene ring substituents is 1. The SMILES string of the molecule is CC1(C)CCCN(c2ccc([N+](=O)[O-])cc2CO)CC1. The predicted octanol–water partition coefficient (Wildman–Crippen LogP) is 3.10. The second kappa shape index (κ2) is 5.79. The van der Waals surface area contributed by atoms with Crippen molar-refractivity contribution < 1.29 is 10.0 Å². The van der Waals surface area contributed by atoms with Crippen molar-refractivity contribution in [2.45, 2.75) is 39.7 Å². The molecule has 1 aliphatic rings. The maximum atomic E-state index is 10.8. The third-order valence-corrected chi connectivity index (χ3v) is 4.13. The van der Waals surface area contributed by atoms with Gasteiger partial charge in [0, 0.05) is 36.5 Å². The van der Waals surface area contributed by atoms with E-state index < -0.39 is 4.92 Å². The summed E-state index contributed by atoms with van der Waals surface area (Å²) in [4.78, 5) is 12.6. The number of aliphatic hydroxyl groups is 1. The van der Waals surface area contributed by atoms with Crippen molar-refractivity contribution in [3.05, 3.63) is 33.9 Å². The van der Waals surface area contributed by atoms with Crippen LogP contribution in [0.25, 0.3) is 0 Å². The van der Waals surface area contributed by atoms with Crippen LogP contribution >= 0.6 is 0 Å². The van der Waals surface area contributed by atoms with Gasteiger partial charge in [-0.05, 0) is 30.7 Å². The molecule has 1 saturated heterocycles. The van der Waals surface area contributed by atoms with E-state index >= 15 is 0 Å². The number of nitro benzene ring substituents is 1. The number of hydrogen-bond acceptors (Lipinski definition) is 4. The Balaban J connectivity index is 2.25. The number of nitrogens with zero attached hydrogens (tertiary/aromatic N) is 2. The van der Waals surface area contributed by atoms with Gasteiger partial charge in [-0.25, -0.2) is 0 Å². The van der Waals surface area contributed by atoms with Crippen molar-refractivity contribution in [2.24, 2.45) is 5.41 Å². The van der Waals surface area contributed by atoms with Gasteiger partial charge in [-0.3, -0.25) is 10.1 Å². The largest absolute Gasteiger partial charge is 0.392 e. The summed E-state index contributed by atoms with van der Waals surface area (Å²) in [6, 6.07) is 4.76. The molecule has 0 unspecified atom stereocenters. The molecule has 1 heterocycles. The summed E-state index contributed by atoms with van der Waals surface area (Å²) in [6.07, 6.45) is 3.38. The molecular weight excluding hydrogens is 256 g/mol. The second-order valence-electron chi connectivity index (χ2n) is 6.23. The fourth-order valence-electron chi connectivity index (χ4n) is 2.78. The molecule has 0 aromatic heterocycles. The lowest BCUT2D eigenvalue weighted by molar-refractivity contribution is -0.384. The van der Waals surface area contributed by atoms with E-state index in [0.717, 1.165) is 31.6 Å². The van der Waals surface area contributed by atoms with E-state index in [1.165, 1.54) is 18.6 Å². The lowest BCUT2D eigenvalue weighted by atomic mass is 9.85. The maximum Gasteiger partial charge on any atom is 0.269 e. The zero-order valence-corrected chi connectivity index (χ0v) is 12.1. The van der Waals surface area contributed by atoms with Crippen LogP contribution in [-0.2, 0) is 6.61 Å². The molecule has 1 aromatic carbocycles. The second-order valence-corrected chi connectivity index (χ2v) is 6.23. The van der Waals surface area contributed by atoms with Gasteiger partial charge in [0.15, 0.2) is 0 Å². The van der Waals surface area contributed by atoms with Gasteiger partial charge in [-0.1, -0.05) is 13.8 Å². The van der Waals surface area contributed by atoms with Crippen molar-refractivity contribution in [3.63, 3.8) is 0 Å². The smallest absolute Gasteiger partial charge is 0.269 e. The number of nitro groups is 1. The molecule has 0 spiro atoms. The quantitative estimate of drug-likeness (QED) is 0.681. The summed E-state index contributed by atoms with van der Waals surface area (Å²) in [5, 5.41) is 20.3. The number of aliphatic hydroxyl groups excluding tert-OH is 1. The van der Waals surface area contributed by atoms with Crippen LogP contribution in [0.2, 0.25) is 0 Å². The minimum atomic E-state index is -0.422. The monoisotopic (exact) mass is 278 g/mol. The molecule has 1 N–H and O–H groups in total. The molecule has 0 aliphatic carbocycles. The Kier molecular flexibility index (Phi) is 4.28. The number of rotatable bonds is 3. The molecule has 0 saturated carbocycles. The van der Waals surface area contributed by atoms with Gasteiger partial charge in [0.25, 0.3) is 5.69 Å². The van der Waals surface area contributed by atoms with Gasteiger partial charge in [-0.2, -0.15) is 0 Å². The van der Waals surface area contributed by atoms with Crippen LogP contribution in [0.4, 0.5) is 11.4 Å². The zero-order chi connectivity index (χ0) is 14.8. The molecule has 2 rings (SSSR count). The fraction of sp³-hybridized carbons (Fsp3) is 0.600. The Labute approximate surface area is 119 Å².